The summed E-state index contributed by atoms with van der Waals surface area (Å²) in [4.78, 5) is 4.72. The van der Waals surface area contributed by atoms with Gasteiger partial charge in [-0.1, -0.05) is 5.16 Å². The summed E-state index contributed by atoms with van der Waals surface area (Å²) in [5.74, 6) is 1.82. The maximum atomic E-state index is 5.14. The minimum Gasteiger partial charge on any atom is -0.361 e. The van der Waals surface area contributed by atoms with E-state index in [1.54, 1.807) is 10.8 Å². The molecule has 120 valence electrons. The second-order valence-corrected chi connectivity index (χ2v) is 6.03. The summed E-state index contributed by atoms with van der Waals surface area (Å²) < 4.78 is 6.86. The van der Waals surface area contributed by atoms with E-state index in [1.165, 1.54) is 0 Å². The molecule has 1 fully saturated rings. The summed E-state index contributed by atoms with van der Waals surface area (Å²) in [6.07, 6.45) is 1.63. The van der Waals surface area contributed by atoms with Gasteiger partial charge in [-0.3, -0.25) is 4.90 Å². The van der Waals surface area contributed by atoms with Crippen LogP contribution in [0.2, 0.25) is 0 Å². The lowest BCUT2D eigenvalue weighted by atomic mass is 10.2. The zero-order valence-electron chi connectivity index (χ0n) is 13.3. The molecule has 1 saturated heterocycles. The summed E-state index contributed by atoms with van der Waals surface area (Å²) in [6.45, 7) is 7.83. The Morgan fingerprint density at radius 1 is 1.30 bits per heavy atom. The second kappa shape index (κ2) is 5.62. The average molecular weight is 313 g/mol. The molecule has 0 aliphatic carbocycles. The quantitative estimate of drug-likeness (QED) is 0.717. The first-order chi connectivity index (χ1) is 11.2. The first kappa shape index (κ1) is 14.1. The van der Waals surface area contributed by atoms with Crippen molar-refractivity contribution in [3.8, 4) is 0 Å². The number of nitrogens with zero attached hydrogens (tertiary/aromatic N) is 7. The van der Waals surface area contributed by atoms with E-state index < -0.39 is 0 Å². The van der Waals surface area contributed by atoms with Gasteiger partial charge in [-0.2, -0.15) is 4.52 Å². The molecule has 0 aromatic carbocycles. The number of hydrogen-bond acceptors (Lipinski definition) is 7. The van der Waals surface area contributed by atoms with Crippen LogP contribution >= 0.6 is 0 Å². The Morgan fingerprint density at radius 3 is 3.00 bits per heavy atom. The molecule has 0 bridgehead atoms. The van der Waals surface area contributed by atoms with Crippen LogP contribution in [0.5, 0.6) is 0 Å². The number of aromatic nitrogens is 5. The third-order valence-electron chi connectivity index (χ3n) is 4.22. The number of fused-ring (bicyclic) bond motifs is 1. The fourth-order valence-corrected chi connectivity index (χ4v) is 3.11. The van der Waals surface area contributed by atoms with Crippen molar-refractivity contribution in [2.45, 2.75) is 26.4 Å². The SMILES string of the molecule is Cc1cc(CN2CCN(c3ccc4nncn4n3)[C@@H](C)C2)no1. The van der Waals surface area contributed by atoms with Crippen molar-refractivity contribution in [1.29, 1.82) is 0 Å². The molecule has 23 heavy (non-hydrogen) atoms. The van der Waals surface area contributed by atoms with Crippen LogP contribution < -0.4 is 4.90 Å². The van der Waals surface area contributed by atoms with Gasteiger partial charge in [0.2, 0.25) is 0 Å². The van der Waals surface area contributed by atoms with Crippen molar-refractivity contribution in [2.24, 2.45) is 0 Å². The van der Waals surface area contributed by atoms with Crippen molar-refractivity contribution < 1.29 is 4.52 Å². The molecule has 0 spiro atoms. The van der Waals surface area contributed by atoms with Crippen LogP contribution in [-0.2, 0) is 6.54 Å². The van der Waals surface area contributed by atoms with Crippen molar-refractivity contribution in [1.82, 2.24) is 29.9 Å². The first-order valence-electron chi connectivity index (χ1n) is 7.77. The van der Waals surface area contributed by atoms with Gasteiger partial charge in [0.25, 0.3) is 0 Å². The Bertz CT molecular complexity index is 811. The zero-order chi connectivity index (χ0) is 15.8. The lowest BCUT2D eigenvalue weighted by molar-refractivity contribution is 0.214. The van der Waals surface area contributed by atoms with Crippen molar-refractivity contribution in [2.75, 3.05) is 24.5 Å². The molecule has 4 heterocycles. The Morgan fingerprint density at radius 2 is 2.22 bits per heavy atom. The van der Waals surface area contributed by atoms with Crippen LogP contribution in [-0.4, -0.2) is 55.5 Å². The number of anilines is 1. The molecular weight excluding hydrogens is 294 g/mol. The van der Waals surface area contributed by atoms with E-state index in [2.05, 4.69) is 37.2 Å². The minimum absolute atomic E-state index is 0.373. The molecule has 0 amide bonds. The van der Waals surface area contributed by atoms with Gasteiger partial charge in [0.1, 0.15) is 17.9 Å². The maximum absolute atomic E-state index is 5.14. The molecule has 0 radical (unpaired) electrons. The van der Waals surface area contributed by atoms with Gasteiger partial charge in [-0.05, 0) is 26.0 Å². The van der Waals surface area contributed by atoms with E-state index in [0.717, 1.165) is 49.1 Å². The van der Waals surface area contributed by atoms with Crippen molar-refractivity contribution in [3.05, 3.63) is 36.0 Å². The fourth-order valence-electron chi connectivity index (χ4n) is 3.11. The molecule has 3 aromatic heterocycles. The molecule has 8 heteroatoms. The summed E-state index contributed by atoms with van der Waals surface area (Å²) in [5, 5.41) is 16.5. The molecule has 1 aliphatic heterocycles. The Balaban J connectivity index is 1.46. The molecule has 1 atom stereocenters. The van der Waals surface area contributed by atoms with E-state index in [0.29, 0.717) is 6.04 Å². The number of hydrogen-bond donors (Lipinski definition) is 0. The van der Waals surface area contributed by atoms with Crippen LogP contribution in [0.4, 0.5) is 5.82 Å². The van der Waals surface area contributed by atoms with Gasteiger partial charge in [-0.25, -0.2) is 0 Å². The van der Waals surface area contributed by atoms with Gasteiger partial charge >= 0.3 is 0 Å². The van der Waals surface area contributed by atoms with Crippen molar-refractivity contribution in [3.63, 3.8) is 0 Å². The molecule has 0 saturated carbocycles. The van der Waals surface area contributed by atoms with E-state index in [-0.39, 0.29) is 0 Å². The standard InChI is InChI=1S/C15H19N7O/c1-11-8-20(9-13-7-12(2)23-19-13)5-6-21(11)15-4-3-14-17-16-10-22(14)18-15/h3-4,7,10-11H,5-6,8-9H2,1-2H3/t11-/m0/s1. The molecule has 1 aliphatic rings. The summed E-state index contributed by atoms with van der Waals surface area (Å²) in [7, 11) is 0. The highest BCUT2D eigenvalue weighted by Crippen LogP contribution is 2.19. The van der Waals surface area contributed by atoms with E-state index >= 15 is 0 Å². The minimum atomic E-state index is 0.373. The van der Waals surface area contributed by atoms with Crippen LogP contribution in [0.3, 0.4) is 0 Å². The predicted molar refractivity (Wildman–Crippen MR) is 84.1 cm³/mol. The lowest BCUT2D eigenvalue weighted by Crippen LogP contribution is -2.52. The third-order valence-corrected chi connectivity index (χ3v) is 4.22. The molecule has 0 N–H and O–H groups in total. The highest BCUT2D eigenvalue weighted by Gasteiger charge is 2.25. The molecule has 3 aromatic rings. The van der Waals surface area contributed by atoms with Crippen LogP contribution in [0.25, 0.3) is 5.65 Å². The summed E-state index contributed by atoms with van der Waals surface area (Å²) >= 11 is 0. The second-order valence-electron chi connectivity index (χ2n) is 6.03. The normalized spacial score (nSPS) is 19.6. The van der Waals surface area contributed by atoms with Crippen molar-refractivity contribution >= 4 is 11.5 Å². The fraction of sp³-hybridized carbons (Fsp3) is 0.467. The van der Waals surface area contributed by atoms with Gasteiger partial charge in [0.05, 0.1) is 5.69 Å². The zero-order valence-corrected chi connectivity index (χ0v) is 13.3. The first-order valence-corrected chi connectivity index (χ1v) is 7.77. The van der Waals surface area contributed by atoms with Gasteiger partial charge in [0.15, 0.2) is 5.65 Å². The molecule has 8 nitrogen and oxygen atoms in total. The number of aryl methyl sites for hydroxylation is 1. The average Bonchev–Trinajstić information content (AvgIpc) is 3.15. The van der Waals surface area contributed by atoms with Crippen LogP contribution in [0.1, 0.15) is 18.4 Å². The monoisotopic (exact) mass is 313 g/mol. The van der Waals surface area contributed by atoms with E-state index in [9.17, 15) is 0 Å². The summed E-state index contributed by atoms with van der Waals surface area (Å²) in [5.41, 5.74) is 1.76. The van der Waals surface area contributed by atoms with Crippen LogP contribution in [0.15, 0.2) is 29.0 Å². The molecule has 0 unspecified atom stereocenters. The lowest BCUT2D eigenvalue weighted by Gasteiger charge is -2.40. The Kier molecular flexibility index (Phi) is 3.45. The number of rotatable bonds is 3. The highest BCUT2D eigenvalue weighted by molar-refractivity contribution is 5.46. The summed E-state index contributed by atoms with van der Waals surface area (Å²) in [6, 6.07) is 6.33. The predicted octanol–water partition coefficient (Wildman–Crippen LogP) is 1.13. The highest BCUT2D eigenvalue weighted by atomic mass is 16.5. The molecular formula is C15H19N7O. The molecule has 4 rings (SSSR count). The largest absolute Gasteiger partial charge is 0.361 e. The smallest absolute Gasteiger partial charge is 0.177 e. The van der Waals surface area contributed by atoms with Gasteiger partial charge in [-0.15, -0.1) is 15.3 Å². The third kappa shape index (κ3) is 2.77. The topological polar surface area (TPSA) is 75.6 Å². The van der Waals surface area contributed by atoms with E-state index in [4.69, 9.17) is 4.52 Å². The van der Waals surface area contributed by atoms with Gasteiger partial charge in [0, 0.05) is 38.3 Å². The Labute approximate surface area is 133 Å². The van der Waals surface area contributed by atoms with Gasteiger partial charge < -0.3 is 9.42 Å². The Hall–Kier alpha value is -2.48. The number of piperazine rings is 1. The van der Waals surface area contributed by atoms with E-state index in [1.807, 2.05) is 25.1 Å². The van der Waals surface area contributed by atoms with Crippen LogP contribution in [0, 0.1) is 6.92 Å². The maximum Gasteiger partial charge on any atom is 0.177 e.